The summed E-state index contributed by atoms with van der Waals surface area (Å²) in [5, 5.41) is 6.86. The standard InChI is InChI=1S/C13H12BrF2N3O/c1-2-19-13(20)12(14)11(7-18-19)17-6-8-3-4-9(15)5-10(8)16/h3-5,7,17H,2,6H2,1H3. The molecule has 0 unspecified atom stereocenters. The van der Waals surface area contributed by atoms with Gasteiger partial charge in [-0.15, -0.1) is 0 Å². The van der Waals surface area contributed by atoms with Crippen LogP contribution in [0.5, 0.6) is 0 Å². The lowest BCUT2D eigenvalue weighted by Gasteiger charge is -2.10. The van der Waals surface area contributed by atoms with E-state index in [-0.39, 0.29) is 12.1 Å². The van der Waals surface area contributed by atoms with Crippen LogP contribution < -0.4 is 10.9 Å². The second-order valence-corrected chi connectivity index (χ2v) is 4.88. The van der Waals surface area contributed by atoms with E-state index in [0.29, 0.717) is 22.3 Å². The van der Waals surface area contributed by atoms with Gasteiger partial charge in [0.15, 0.2) is 0 Å². The van der Waals surface area contributed by atoms with Gasteiger partial charge in [-0.3, -0.25) is 4.79 Å². The van der Waals surface area contributed by atoms with E-state index in [0.717, 1.165) is 6.07 Å². The number of anilines is 1. The van der Waals surface area contributed by atoms with Crippen molar-refractivity contribution in [3.63, 3.8) is 0 Å². The van der Waals surface area contributed by atoms with Gasteiger partial charge >= 0.3 is 0 Å². The van der Waals surface area contributed by atoms with Crippen molar-refractivity contribution in [3.8, 4) is 0 Å². The number of hydrogen-bond donors (Lipinski definition) is 1. The van der Waals surface area contributed by atoms with Gasteiger partial charge in [-0.1, -0.05) is 6.07 Å². The molecule has 0 aliphatic heterocycles. The summed E-state index contributed by atoms with van der Waals surface area (Å²) in [5.41, 5.74) is 0.499. The molecule has 0 atom stereocenters. The maximum atomic E-state index is 13.5. The Hall–Kier alpha value is -1.76. The molecule has 4 nitrogen and oxygen atoms in total. The molecule has 2 aromatic rings. The highest BCUT2D eigenvalue weighted by Gasteiger charge is 2.09. The van der Waals surface area contributed by atoms with E-state index in [1.54, 1.807) is 0 Å². The van der Waals surface area contributed by atoms with Crippen LogP contribution in [0, 0.1) is 11.6 Å². The summed E-state index contributed by atoms with van der Waals surface area (Å²) < 4.78 is 27.9. The molecule has 0 amide bonds. The smallest absolute Gasteiger partial charge is 0.283 e. The van der Waals surface area contributed by atoms with Gasteiger partial charge in [-0.25, -0.2) is 13.5 Å². The van der Waals surface area contributed by atoms with E-state index < -0.39 is 11.6 Å². The SMILES string of the molecule is CCn1ncc(NCc2ccc(F)cc2F)c(Br)c1=O. The van der Waals surface area contributed by atoms with Crippen LogP contribution >= 0.6 is 15.9 Å². The number of nitrogens with zero attached hydrogens (tertiary/aromatic N) is 2. The first-order chi connectivity index (χ1) is 9.52. The predicted molar refractivity (Wildman–Crippen MR) is 75.6 cm³/mol. The fourth-order valence-corrected chi connectivity index (χ4v) is 2.12. The monoisotopic (exact) mass is 343 g/mol. The molecule has 0 aliphatic carbocycles. The molecule has 0 spiro atoms. The molecule has 7 heteroatoms. The van der Waals surface area contributed by atoms with Crippen LogP contribution in [-0.2, 0) is 13.1 Å². The van der Waals surface area contributed by atoms with Gasteiger partial charge in [0.1, 0.15) is 16.1 Å². The molecule has 0 bridgehead atoms. The Bertz CT molecular complexity index is 688. The normalized spacial score (nSPS) is 10.6. The predicted octanol–water partition coefficient (Wildman–Crippen LogP) is 2.92. The Morgan fingerprint density at radius 3 is 2.80 bits per heavy atom. The van der Waals surface area contributed by atoms with Gasteiger partial charge in [0.25, 0.3) is 5.56 Å². The first kappa shape index (κ1) is 14.6. The number of benzene rings is 1. The lowest BCUT2D eigenvalue weighted by molar-refractivity contribution is 0.574. The number of hydrogen-bond acceptors (Lipinski definition) is 3. The number of rotatable bonds is 4. The molecule has 1 heterocycles. The Labute approximate surface area is 122 Å². The van der Waals surface area contributed by atoms with Crippen molar-refractivity contribution >= 4 is 21.6 Å². The Morgan fingerprint density at radius 2 is 2.15 bits per heavy atom. The maximum Gasteiger partial charge on any atom is 0.283 e. The molecule has 0 fully saturated rings. The summed E-state index contributed by atoms with van der Waals surface area (Å²) in [6.07, 6.45) is 1.48. The number of aromatic nitrogens is 2. The zero-order chi connectivity index (χ0) is 14.7. The van der Waals surface area contributed by atoms with Gasteiger partial charge in [-0.05, 0) is 28.9 Å². The summed E-state index contributed by atoms with van der Waals surface area (Å²) in [7, 11) is 0. The van der Waals surface area contributed by atoms with E-state index in [9.17, 15) is 13.6 Å². The van der Waals surface area contributed by atoms with E-state index in [1.165, 1.54) is 23.0 Å². The third-order valence-electron chi connectivity index (χ3n) is 2.77. The van der Waals surface area contributed by atoms with Crippen LogP contribution in [0.2, 0.25) is 0 Å². The summed E-state index contributed by atoms with van der Waals surface area (Å²) in [6, 6.07) is 3.36. The molecule has 0 saturated heterocycles. The average molecular weight is 344 g/mol. The first-order valence-electron chi connectivity index (χ1n) is 5.96. The molecule has 0 saturated carbocycles. The molecular weight excluding hydrogens is 332 g/mol. The van der Waals surface area contributed by atoms with E-state index in [1.807, 2.05) is 6.92 Å². The zero-order valence-corrected chi connectivity index (χ0v) is 12.2. The minimum atomic E-state index is -0.636. The van der Waals surface area contributed by atoms with Crippen LogP contribution in [0.4, 0.5) is 14.5 Å². The maximum absolute atomic E-state index is 13.5. The fraction of sp³-hybridized carbons (Fsp3) is 0.231. The molecule has 1 aromatic heterocycles. The van der Waals surface area contributed by atoms with Crippen molar-refractivity contribution in [1.29, 1.82) is 0 Å². The lowest BCUT2D eigenvalue weighted by Crippen LogP contribution is -2.23. The number of nitrogens with one attached hydrogen (secondary N) is 1. The van der Waals surface area contributed by atoms with Crippen LogP contribution in [0.3, 0.4) is 0 Å². The van der Waals surface area contributed by atoms with Crippen molar-refractivity contribution in [2.24, 2.45) is 0 Å². The lowest BCUT2D eigenvalue weighted by atomic mass is 10.2. The average Bonchev–Trinajstić information content (AvgIpc) is 2.42. The molecule has 1 N–H and O–H groups in total. The molecule has 2 rings (SSSR count). The fourth-order valence-electron chi connectivity index (χ4n) is 1.67. The second kappa shape index (κ2) is 6.13. The number of aryl methyl sites for hydroxylation is 1. The Kier molecular flexibility index (Phi) is 4.49. The van der Waals surface area contributed by atoms with Gasteiger partial charge in [0.05, 0.1) is 11.9 Å². The van der Waals surface area contributed by atoms with Gasteiger partial charge in [0.2, 0.25) is 0 Å². The van der Waals surface area contributed by atoms with E-state index in [4.69, 9.17) is 0 Å². The minimum absolute atomic E-state index is 0.127. The molecular formula is C13H12BrF2N3O. The summed E-state index contributed by atoms with van der Waals surface area (Å²) in [5.74, 6) is -1.26. The first-order valence-corrected chi connectivity index (χ1v) is 6.75. The molecule has 20 heavy (non-hydrogen) atoms. The Balaban J connectivity index is 2.19. The largest absolute Gasteiger partial charge is 0.378 e. The molecule has 106 valence electrons. The van der Waals surface area contributed by atoms with Gasteiger partial charge in [0, 0.05) is 24.7 Å². The van der Waals surface area contributed by atoms with Crippen molar-refractivity contribution < 1.29 is 8.78 Å². The third kappa shape index (κ3) is 3.04. The van der Waals surface area contributed by atoms with Crippen molar-refractivity contribution in [1.82, 2.24) is 9.78 Å². The second-order valence-electron chi connectivity index (χ2n) is 4.08. The van der Waals surface area contributed by atoms with Crippen LogP contribution in [-0.4, -0.2) is 9.78 Å². The van der Waals surface area contributed by atoms with Crippen LogP contribution in [0.15, 0.2) is 33.7 Å². The highest BCUT2D eigenvalue weighted by molar-refractivity contribution is 9.10. The van der Waals surface area contributed by atoms with Crippen LogP contribution in [0.25, 0.3) is 0 Å². The molecule has 0 radical (unpaired) electrons. The van der Waals surface area contributed by atoms with E-state index in [2.05, 4.69) is 26.3 Å². The zero-order valence-electron chi connectivity index (χ0n) is 10.7. The van der Waals surface area contributed by atoms with Crippen molar-refractivity contribution in [2.45, 2.75) is 20.0 Å². The van der Waals surface area contributed by atoms with Gasteiger partial charge in [-0.2, -0.15) is 5.10 Å². The minimum Gasteiger partial charge on any atom is -0.378 e. The van der Waals surface area contributed by atoms with Crippen molar-refractivity contribution in [2.75, 3.05) is 5.32 Å². The summed E-state index contributed by atoms with van der Waals surface area (Å²) >= 11 is 3.19. The highest BCUT2D eigenvalue weighted by atomic mass is 79.9. The highest BCUT2D eigenvalue weighted by Crippen LogP contribution is 2.18. The summed E-state index contributed by atoms with van der Waals surface area (Å²) in [4.78, 5) is 11.8. The summed E-state index contributed by atoms with van der Waals surface area (Å²) in [6.45, 7) is 2.40. The molecule has 1 aromatic carbocycles. The Morgan fingerprint density at radius 1 is 1.40 bits per heavy atom. The van der Waals surface area contributed by atoms with Gasteiger partial charge < -0.3 is 5.32 Å². The number of halogens is 3. The van der Waals surface area contributed by atoms with E-state index >= 15 is 0 Å². The van der Waals surface area contributed by atoms with Crippen molar-refractivity contribution in [3.05, 3.63) is 56.4 Å². The van der Waals surface area contributed by atoms with Crippen LogP contribution in [0.1, 0.15) is 12.5 Å². The quantitative estimate of drug-likeness (QED) is 0.928. The topological polar surface area (TPSA) is 46.9 Å². The molecule has 0 aliphatic rings. The third-order valence-corrected chi connectivity index (χ3v) is 3.54.